The number of amides is 1. The van der Waals surface area contributed by atoms with Crippen molar-refractivity contribution in [1.29, 1.82) is 0 Å². The van der Waals surface area contributed by atoms with Gasteiger partial charge in [-0.25, -0.2) is 0 Å². The molecular weight excluding hydrogens is 276 g/mol. The third-order valence-electron chi connectivity index (χ3n) is 4.46. The molecule has 0 radical (unpaired) electrons. The topological polar surface area (TPSA) is 55.6 Å². The lowest BCUT2D eigenvalue weighted by molar-refractivity contribution is -0.124. The molecule has 1 aromatic carbocycles. The van der Waals surface area contributed by atoms with Crippen LogP contribution in [0.4, 0.5) is 5.69 Å². The van der Waals surface area contributed by atoms with E-state index < -0.39 is 5.41 Å². The van der Waals surface area contributed by atoms with Crippen LogP contribution in [0.3, 0.4) is 0 Å². The van der Waals surface area contributed by atoms with Crippen LogP contribution in [0.2, 0.25) is 0 Å². The van der Waals surface area contributed by atoms with E-state index in [4.69, 9.17) is 10.5 Å². The van der Waals surface area contributed by atoms with Crippen molar-refractivity contribution < 1.29 is 9.53 Å². The number of nitrogens with zero attached hydrogens (tertiary/aromatic N) is 1. The number of nitrogens with two attached hydrogens (primary N) is 1. The van der Waals surface area contributed by atoms with Crippen molar-refractivity contribution in [3.05, 3.63) is 53.8 Å². The van der Waals surface area contributed by atoms with E-state index in [1.54, 1.807) is 0 Å². The highest BCUT2D eigenvalue weighted by molar-refractivity contribution is 5.83. The summed E-state index contributed by atoms with van der Waals surface area (Å²) >= 11 is 0. The van der Waals surface area contributed by atoms with Gasteiger partial charge in [0.1, 0.15) is 6.73 Å². The van der Waals surface area contributed by atoms with Crippen LogP contribution in [-0.2, 0) is 9.53 Å². The van der Waals surface area contributed by atoms with Gasteiger partial charge in [0.2, 0.25) is 5.91 Å². The van der Waals surface area contributed by atoms with E-state index in [1.807, 2.05) is 37.3 Å². The van der Waals surface area contributed by atoms with Gasteiger partial charge < -0.3 is 15.4 Å². The third-order valence-corrected chi connectivity index (χ3v) is 4.46. The molecule has 2 N–H and O–H groups in total. The summed E-state index contributed by atoms with van der Waals surface area (Å²) in [6, 6.07) is 10.2. The maximum absolute atomic E-state index is 11.8. The van der Waals surface area contributed by atoms with E-state index in [0.717, 1.165) is 30.8 Å². The number of primary amides is 1. The molecule has 0 spiro atoms. The number of allylic oxidation sites excluding steroid dienone is 2. The summed E-state index contributed by atoms with van der Waals surface area (Å²) in [5.41, 5.74) is 8.54. The molecule has 2 aliphatic rings. The second-order valence-corrected chi connectivity index (χ2v) is 6.19. The van der Waals surface area contributed by atoms with E-state index in [1.165, 1.54) is 5.57 Å². The Labute approximate surface area is 131 Å². The molecule has 1 aliphatic carbocycles. The van der Waals surface area contributed by atoms with Crippen molar-refractivity contribution in [2.24, 2.45) is 11.1 Å². The molecule has 116 valence electrons. The summed E-state index contributed by atoms with van der Waals surface area (Å²) in [6.45, 7) is 3.18. The van der Waals surface area contributed by atoms with Crippen molar-refractivity contribution in [2.45, 2.75) is 26.2 Å². The number of carbonyl (C=O) groups excluding carboxylic acids is 1. The first-order valence-electron chi connectivity index (χ1n) is 7.72. The molecule has 1 aromatic rings. The highest BCUT2D eigenvalue weighted by Crippen LogP contribution is 2.38. The third kappa shape index (κ3) is 2.79. The van der Waals surface area contributed by atoms with Crippen molar-refractivity contribution in [1.82, 2.24) is 0 Å². The monoisotopic (exact) mass is 298 g/mol. The van der Waals surface area contributed by atoms with Crippen LogP contribution < -0.4 is 10.6 Å². The Morgan fingerprint density at radius 2 is 2.09 bits per heavy atom. The Balaban J connectivity index is 1.99. The van der Waals surface area contributed by atoms with Crippen LogP contribution in [-0.4, -0.2) is 19.2 Å². The molecule has 22 heavy (non-hydrogen) atoms. The molecule has 1 aliphatic heterocycles. The largest absolute Gasteiger partial charge is 0.369 e. The number of ether oxygens (including phenoxy) is 1. The Bertz CT molecular complexity index is 621. The first-order chi connectivity index (χ1) is 10.6. The molecule has 0 bridgehead atoms. The lowest BCUT2D eigenvalue weighted by atomic mass is 9.77. The maximum Gasteiger partial charge on any atom is 0.227 e. The molecular formula is C18H22N2O2. The van der Waals surface area contributed by atoms with Crippen molar-refractivity contribution >= 4 is 11.6 Å². The van der Waals surface area contributed by atoms with Crippen LogP contribution in [0.25, 0.3) is 0 Å². The smallest absolute Gasteiger partial charge is 0.227 e. The van der Waals surface area contributed by atoms with E-state index in [2.05, 4.69) is 17.0 Å². The van der Waals surface area contributed by atoms with Crippen LogP contribution in [0.15, 0.2) is 53.8 Å². The van der Waals surface area contributed by atoms with E-state index in [9.17, 15) is 4.79 Å². The summed E-state index contributed by atoms with van der Waals surface area (Å²) in [5.74, 6) is -0.264. The van der Waals surface area contributed by atoms with Gasteiger partial charge in [0.25, 0.3) is 0 Å². The maximum atomic E-state index is 11.8. The number of carbonyl (C=O) groups is 1. The number of para-hydroxylation sites is 1. The predicted molar refractivity (Wildman–Crippen MR) is 87.1 cm³/mol. The number of anilines is 1. The van der Waals surface area contributed by atoms with Gasteiger partial charge in [-0.2, -0.15) is 0 Å². The van der Waals surface area contributed by atoms with Gasteiger partial charge in [0, 0.05) is 18.0 Å². The average molecular weight is 298 g/mol. The molecule has 1 amide bonds. The SMILES string of the molecule is CC1(C(N)=O)C=CC2=C(CCCOCN2c2ccccc2)C1. The zero-order valence-corrected chi connectivity index (χ0v) is 12.9. The van der Waals surface area contributed by atoms with Crippen molar-refractivity contribution in [3.8, 4) is 0 Å². The summed E-state index contributed by atoms with van der Waals surface area (Å²) in [4.78, 5) is 13.9. The van der Waals surface area contributed by atoms with Gasteiger partial charge in [-0.15, -0.1) is 0 Å². The highest BCUT2D eigenvalue weighted by atomic mass is 16.5. The molecule has 3 rings (SSSR count). The van der Waals surface area contributed by atoms with E-state index >= 15 is 0 Å². The lowest BCUT2D eigenvalue weighted by Crippen LogP contribution is -2.37. The first kappa shape index (κ1) is 14.9. The molecule has 1 atom stereocenters. The van der Waals surface area contributed by atoms with Gasteiger partial charge in [-0.05, 0) is 50.0 Å². The van der Waals surface area contributed by atoms with E-state index in [0.29, 0.717) is 13.2 Å². The zero-order valence-electron chi connectivity index (χ0n) is 12.9. The Morgan fingerprint density at radius 3 is 2.82 bits per heavy atom. The molecule has 1 unspecified atom stereocenters. The van der Waals surface area contributed by atoms with Crippen molar-refractivity contribution in [3.63, 3.8) is 0 Å². The fraction of sp³-hybridized carbons (Fsp3) is 0.389. The molecule has 0 aromatic heterocycles. The van der Waals surface area contributed by atoms with Crippen LogP contribution in [0.5, 0.6) is 0 Å². The number of hydrogen-bond acceptors (Lipinski definition) is 3. The van der Waals surface area contributed by atoms with Crippen LogP contribution >= 0.6 is 0 Å². The Morgan fingerprint density at radius 1 is 1.32 bits per heavy atom. The minimum atomic E-state index is -0.582. The fourth-order valence-electron chi connectivity index (χ4n) is 3.07. The zero-order chi connectivity index (χ0) is 15.6. The quantitative estimate of drug-likeness (QED) is 0.913. The minimum Gasteiger partial charge on any atom is -0.369 e. The van der Waals surface area contributed by atoms with Gasteiger partial charge in [-0.3, -0.25) is 4.79 Å². The number of hydrogen-bond donors (Lipinski definition) is 1. The lowest BCUT2D eigenvalue weighted by Gasteiger charge is -2.36. The predicted octanol–water partition coefficient (Wildman–Crippen LogP) is 2.97. The van der Waals surface area contributed by atoms with Crippen LogP contribution in [0.1, 0.15) is 26.2 Å². The van der Waals surface area contributed by atoms with Gasteiger partial charge in [0.05, 0.1) is 5.41 Å². The molecule has 0 saturated heterocycles. The fourth-order valence-corrected chi connectivity index (χ4v) is 3.07. The van der Waals surface area contributed by atoms with Crippen molar-refractivity contribution in [2.75, 3.05) is 18.2 Å². The summed E-state index contributed by atoms with van der Waals surface area (Å²) in [5, 5.41) is 0. The highest BCUT2D eigenvalue weighted by Gasteiger charge is 2.34. The Kier molecular flexibility index (Phi) is 4.03. The Hall–Kier alpha value is -2.07. The normalized spacial score (nSPS) is 25.4. The summed E-state index contributed by atoms with van der Waals surface area (Å²) < 4.78 is 5.76. The molecule has 4 heteroatoms. The molecule has 4 nitrogen and oxygen atoms in total. The second kappa shape index (κ2) is 5.97. The van der Waals surface area contributed by atoms with Gasteiger partial charge in [-0.1, -0.05) is 24.3 Å². The summed E-state index contributed by atoms with van der Waals surface area (Å²) in [7, 11) is 0. The number of rotatable bonds is 2. The van der Waals surface area contributed by atoms with Crippen LogP contribution in [0, 0.1) is 5.41 Å². The first-order valence-corrected chi connectivity index (χ1v) is 7.72. The van der Waals surface area contributed by atoms with Gasteiger partial charge >= 0.3 is 0 Å². The standard InChI is InChI=1S/C18H22N2O2/c1-18(17(19)21)10-9-16-14(12-18)6-5-11-22-13-20(16)15-7-3-2-4-8-15/h2-4,7-10H,5-6,11-13H2,1H3,(H2,19,21). The second-order valence-electron chi connectivity index (χ2n) is 6.19. The molecule has 1 heterocycles. The summed E-state index contributed by atoms with van der Waals surface area (Å²) in [6.07, 6.45) is 6.57. The minimum absolute atomic E-state index is 0.264. The average Bonchev–Trinajstić information content (AvgIpc) is 2.50. The number of benzene rings is 1. The molecule has 0 saturated carbocycles. The van der Waals surface area contributed by atoms with E-state index in [-0.39, 0.29) is 5.91 Å². The van der Waals surface area contributed by atoms with Gasteiger partial charge in [0.15, 0.2) is 0 Å². The molecule has 0 fully saturated rings.